The van der Waals surface area contributed by atoms with Crippen LogP contribution in [0.1, 0.15) is 41.5 Å². The number of carbonyl (C=O) groups is 1. The smallest absolute Gasteiger partial charge is 0.356 e. The highest BCUT2D eigenvalue weighted by Crippen LogP contribution is 2.35. The van der Waals surface area contributed by atoms with Crippen molar-refractivity contribution in [1.82, 2.24) is 9.55 Å². The minimum atomic E-state index is -0.943. The number of aryl methyl sites for hydroxylation is 1. The van der Waals surface area contributed by atoms with Crippen LogP contribution in [0.3, 0.4) is 0 Å². The Morgan fingerprint density at radius 2 is 2.38 bits per heavy atom. The number of hydrogen-bond acceptors (Lipinski definition) is 2. The lowest BCUT2D eigenvalue weighted by Gasteiger charge is -2.24. The highest BCUT2D eigenvalue weighted by Gasteiger charge is 2.24. The second-order valence-electron chi connectivity index (χ2n) is 3.53. The predicted molar refractivity (Wildman–Crippen MR) is 46.8 cm³/mol. The van der Waals surface area contributed by atoms with E-state index in [1.807, 2.05) is 11.6 Å². The summed E-state index contributed by atoms with van der Waals surface area (Å²) in [7, 11) is 1.85. The number of aromatic carboxylic acids is 1. The van der Waals surface area contributed by atoms with Gasteiger partial charge in [-0.05, 0) is 12.8 Å². The third-order valence-electron chi connectivity index (χ3n) is 2.60. The molecule has 1 aromatic heterocycles. The molecule has 1 saturated carbocycles. The van der Waals surface area contributed by atoms with Crippen LogP contribution < -0.4 is 0 Å². The van der Waals surface area contributed by atoms with Gasteiger partial charge in [0, 0.05) is 19.2 Å². The lowest BCUT2D eigenvalue weighted by atomic mass is 9.85. The third kappa shape index (κ3) is 1.32. The second-order valence-corrected chi connectivity index (χ2v) is 3.53. The van der Waals surface area contributed by atoms with Crippen molar-refractivity contribution in [1.29, 1.82) is 0 Å². The highest BCUT2D eigenvalue weighted by atomic mass is 16.4. The van der Waals surface area contributed by atoms with Gasteiger partial charge in [-0.25, -0.2) is 9.78 Å². The summed E-state index contributed by atoms with van der Waals surface area (Å²) in [5.41, 5.74) is 0.157. The van der Waals surface area contributed by atoms with Gasteiger partial charge >= 0.3 is 5.97 Å². The topological polar surface area (TPSA) is 55.1 Å². The first-order chi connectivity index (χ1) is 6.18. The molecule has 0 saturated heterocycles. The molecule has 4 nitrogen and oxygen atoms in total. The maximum absolute atomic E-state index is 10.6. The summed E-state index contributed by atoms with van der Waals surface area (Å²) < 4.78 is 1.83. The molecular weight excluding hydrogens is 168 g/mol. The highest BCUT2D eigenvalue weighted by molar-refractivity contribution is 5.85. The van der Waals surface area contributed by atoms with Gasteiger partial charge in [0.25, 0.3) is 0 Å². The normalized spacial score (nSPS) is 17.0. The van der Waals surface area contributed by atoms with Crippen molar-refractivity contribution in [3.05, 3.63) is 17.7 Å². The SMILES string of the molecule is Cn1cc(C(=O)O)nc1C1CCC1. The average molecular weight is 180 g/mol. The molecule has 0 radical (unpaired) electrons. The van der Waals surface area contributed by atoms with Crippen LogP contribution in [0.2, 0.25) is 0 Å². The minimum absolute atomic E-state index is 0.157. The molecule has 1 N–H and O–H groups in total. The van der Waals surface area contributed by atoms with Crippen LogP contribution in [0.25, 0.3) is 0 Å². The zero-order valence-corrected chi connectivity index (χ0v) is 7.53. The van der Waals surface area contributed by atoms with E-state index in [1.54, 1.807) is 6.20 Å². The van der Waals surface area contributed by atoms with Crippen molar-refractivity contribution in [3.8, 4) is 0 Å². The molecule has 13 heavy (non-hydrogen) atoms. The summed E-state index contributed by atoms with van der Waals surface area (Å²) in [5.74, 6) is 0.461. The van der Waals surface area contributed by atoms with Crippen molar-refractivity contribution in [3.63, 3.8) is 0 Å². The van der Waals surface area contributed by atoms with Gasteiger partial charge in [0.1, 0.15) is 5.82 Å². The summed E-state index contributed by atoms with van der Waals surface area (Å²) in [6, 6.07) is 0. The number of carboxylic acid groups (broad SMARTS) is 1. The molecule has 0 spiro atoms. The van der Waals surface area contributed by atoms with Crippen molar-refractivity contribution >= 4 is 5.97 Å². The molecule has 1 fully saturated rings. The van der Waals surface area contributed by atoms with Gasteiger partial charge in [0.05, 0.1) is 0 Å². The van der Waals surface area contributed by atoms with Crippen molar-refractivity contribution in [2.24, 2.45) is 7.05 Å². The van der Waals surface area contributed by atoms with Crippen molar-refractivity contribution in [2.75, 3.05) is 0 Å². The summed E-state index contributed by atoms with van der Waals surface area (Å²) in [5, 5.41) is 8.72. The first kappa shape index (κ1) is 8.29. The molecule has 1 aliphatic rings. The van der Waals surface area contributed by atoms with Crippen LogP contribution in [-0.4, -0.2) is 20.6 Å². The molecule has 1 aromatic rings. The Morgan fingerprint density at radius 3 is 2.77 bits per heavy atom. The van der Waals surface area contributed by atoms with Crippen LogP contribution in [-0.2, 0) is 7.05 Å². The molecule has 0 aliphatic heterocycles. The van der Waals surface area contributed by atoms with Gasteiger partial charge in [0.15, 0.2) is 5.69 Å². The maximum atomic E-state index is 10.6. The maximum Gasteiger partial charge on any atom is 0.356 e. The van der Waals surface area contributed by atoms with E-state index in [0.717, 1.165) is 18.7 Å². The molecule has 0 amide bonds. The average Bonchev–Trinajstić information content (AvgIpc) is 2.29. The van der Waals surface area contributed by atoms with Crippen molar-refractivity contribution < 1.29 is 9.90 Å². The number of rotatable bonds is 2. The number of imidazole rings is 1. The second kappa shape index (κ2) is 2.87. The van der Waals surface area contributed by atoms with Crippen LogP contribution >= 0.6 is 0 Å². The Labute approximate surface area is 76.2 Å². The molecule has 1 aliphatic carbocycles. The Bertz CT molecular complexity index is 339. The van der Waals surface area contributed by atoms with E-state index in [1.165, 1.54) is 6.42 Å². The monoisotopic (exact) mass is 180 g/mol. The Balaban J connectivity index is 2.29. The summed E-state index contributed by atoms with van der Waals surface area (Å²) in [6.07, 6.45) is 5.10. The fourth-order valence-electron chi connectivity index (χ4n) is 1.63. The van der Waals surface area contributed by atoms with Crippen LogP contribution in [0.4, 0.5) is 0 Å². The molecule has 0 aromatic carbocycles. The van der Waals surface area contributed by atoms with Crippen LogP contribution in [0, 0.1) is 0 Å². The zero-order valence-electron chi connectivity index (χ0n) is 7.53. The van der Waals surface area contributed by atoms with E-state index < -0.39 is 5.97 Å². The van der Waals surface area contributed by atoms with E-state index in [2.05, 4.69) is 4.98 Å². The molecule has 0 bridgehead atoms. The Kier molecular flexibility index (Phi) is 1.83. The van der Waals surface area contributed by atoms with E-state index in [4.69, 9.17) is 5.11 Å². The van der Waals surface area contributed by atoms with Gasteiger partial charge in [-0.15, -0.1) is 0 Å². The van der Waals surface area contributed by atoms with Gasteiger partial charge < -0.3 is 9.67 Å². The molecule has 2 rings (SSSR count). The summed E-state index contributed by atoms with van der Waals surface area (Å²) in [6.45, 7) is 0. The van der Waals surface area contributed by atoms with Gasteiger partial charge in [-0.1, -0.05) is 6.42 Å². The predicted octanol–water partition coefficient (Wildman–Crippen LogP) is 1.39. The fraction of sp³-hybridized carbons (Fsp3) is 0.556. The third-order valence-corrected chi connectivity index (χ3v) is 2.60. The van der Waals surface area contributed by atoms with Crippen LogP contribution in [0.15, 0.2) is 6.20 Å². The molecule has 0 unspecified atom stereocenters. The molecular formula is C9H12N2O2. The number of carboxylic acids is 1. The van der Waals surface area contributed by atoms with Gasteiger partial charge in [-0.2, -0.15) is 0 Å². The number of aromatic nitrogens is 2. The van der Waals surface area contributed by atoms with Crippen molar-refractivity contribution in [2.45, 2.75) is 25.2 Å². The zero-order chi connectivity index (χ0) is 9.42. The molecule has 4 heteroatoms. The van der Waals surface area contributed by atoms with Crippen LogP contribution in [0.5, 0.6) is 0 Å². The van der Waals surface area contributed by atoms with Gasteiger partial charge in [0.2, 0.25) is 0 Å². The van der Waals surface area contributed by atoms with Gasteiger partial charge in [-0.3, -0.25) is 0 Å². The molecule has 0 atom stereocenters. The fourth-order valence-corrected chi connectivity index (χ4v) is 1.63. The van der Waals surface area contributed by atoms with E-state index >= 15 is 0 Å². The summed E-state index contributed by atoms with van der Waals surface area (Å²) in [4.78, 5) is 14.7. The first-order valence-electron chi connectivity index (χ1n) is 4.45. The van der Waals surface area contributed by atoms with E-state index in [9.17, 15) is 4.79 Å². The minimum Gasteiger partial charge on any atom is -0.476 e. The lowest BCUT2D eigenvalue weighted by molar-refractivity contribution is 0.0690. The quantitative estimate of drug-likeness (QED) is 0.748. The van der Waals surface area contributed by atoms with E-state index in [0.29, 0.717) is 5.92 Å². The Hall–Kier alpha value is -1.32. The molecule has 1 heterocycles. The summed E-state index contributed by atoms with van der Waals surface area (Å²) >= 11 is 0. The van der Waals surface area contributed by atoms with E-state index in [-0.39, 0.29) is 5.69 Å². The standard InChI is InChI=1S/C9H12N2O2/c1-11-5-7(9(12)13)10-8(11)6-3-2-4-6/h5-6H,2-4H2,1H3,(H,12,13). The Morgan fingerprint density at radius 1 is 1.69 bits per heavy atom. The lowest BCUT2D eigenvalue weighted by Crippen LogP contribution is -2.13. The first-order valence-corrected chi connectivity index (χ1v) is 4.45. The molecule has 70 valence electrons. The number of hydrogen-bond donors (Lipinski definition) is 1. The number of nitrogens with zero attached hydrogens (tertiary/aromatic N) is 2. The largest absolute Gasteiger partial charge is 0.476 e.